The standard InChI is InChI=1S/C15H17N3.C7H17N.C7H16/c1-10-6-5-7-13(8-10)15-14(9-16-4)11(2)17-12(3)18-15;1-4-7-8(5-2)6-3;1-3-5-7-6-4-2/h5-9H,1-4H3;4-7H2,1-3H3;3-7H2,1-2H3. The number of unbranched alkanes of at least 4 members (excludes halogenated alkanes) is 4. The number of rotatable bonds is 10. The normalized spacial score (nSPS) is 10.6. The molecule has 0 fully saturated rings. The largest absolute Gasteiger partial charge is 0.304 e. The zero-order valence-corrected chi connectivity index (χ0v) is 23.0. The number of aliphatic imine (C=N–C) groups is 1. The second-order valence-corrected chi connectivity index (χ2v) is 8.46. The van der Waals surface area contributed by atoms with Gasteiger partial charge in [-0.15, -0.1) is 0 Å². The van der Waals surface area contributed by atoms with Crippen molar-refractivity contribution in [2.45, 2.75) is 93.9 Å². The van der Waals surface area contributed by atoms with Gasteiger partial charge in [0.15, 0.2) is 0 Å². The number of aryl methyl sites for hydroxylation is 3. The van der Waals surface area contributed by atoms with E-state index in [0.29, 0.717) is 0 Å². The first-order chi connectivity index (χ1) is 15.9. The van der Waals surface area contributed by atoms with Crippen molar-refractivity contribution in [1.82, 2.24) is 14.9 Å². The van der Waals surface area contributed by atoms with Crippen molar-refractivity contribution in [3.63, 3.8) is 0 Å². The molecule has 4 heteroatoms. The molecule has 0 atom stereocenters. The SMILES string of the molecule is CCCCCCC.CCCN(CC)CC.CN=Cc1c(C)nc(C)nc1-c1cccc(C)c1. The summed E-state index contributed by atoms with van der Waals surface area (Å²) < 4.78 is 0. The van der Waals surface area contributed by atoms with Crippen molar-refractivity contribution in [2.75, 3.05) is 26.7 Å². The summed E-state index contributed by atoms with van der Waals surface area (Å²) in [5.41, 5.74) is 5.24. The molecular weight excluding hydrogens is 404 g/mol. The molecule has 0 aliphatic carbocycles. The molecule has 1 aromatic carbocycles. The smallest absolute Gasteiger partial charge is 0.126 e. The molecule has 1 aromatic heterocycles. The fourth-order valence-electron chi connectivity index (χ4n) is 3.55. The van der Waals surface area contributed by atoms with Gasteiger partial charge in [0, 0.05) is 24.4 Å². The Morgan fingerprint density at radius 3 is 1.94 bits per heavy atom. The highest BCUT2D eigenvalue weighted by atomic mass is 15.1. The van der Waals surface area contributed by atoms with Gasteiger partial charge < -0.3 is 4.90 Å². The van der Waals surface area contributed by atoms with Gasteiger partial charge in [-0.1, -0.05) is 90.5 Å². The number of nitrogens with zero attached hydrogens (tertiary/aromatic N) is 4. The van der Waals surface area contributed by atoms with Crippen molar-refractivity contribution in [3.8, 4) is 11.3 Å². The number of aromatic nitrogens is 2. The van der Waals surface area contributed by atoms with Crippen LogP contribution >= 0.6 is 0 Å². The third-order valence-corrected chi connectivity index (χ3v) is 5.44. The average molecular weight is 455 g/mol. The molecular formula is C29H50N4. The molecule has 1 heterocycles. The van der Waals surface area contributed by atoms with Crippen molar-refractivity contribution in [2.24, 2.45) is 4.99 Å². The van der Waals surface area contributed by atoms with E-state index in [-0.39, 0.29) is 0 Å². The summed E-state index contributed by atoms with van der Waals surface area (Å²) >= 11 is 0. The summed E-state index contributed by atoms with van der Waals surface area (Å²) in [6.45, 7) is 20.8. The van der Waals surface area contributed by atoms with E-state index in [2.05, 4.69) is 79.6 Å². The predicted molar refractivity (Wildman–Crippen MR) is 148 cm³/mol. The lowest BCUT2D eigenvalue weighted by Crippen LogP contribution is -2.23. The zero-order valence-electron chi connectivity index (χ0n) is 23.0. The molecule has 0 amide bonds. The monoisotopic (exact) mass is 454 g/mol. The minimum Gasteiger partial charge on any atom is -0.304 e. The molecule has 186 valence electrons. The Labute approximate surface area is 205 Å². The lowest BCUT2D eigenvalue weighted by atomic mass is 10.0. The van der Waals surface area contributed by atoms with Gasteiger partial charge >= 0.3 is 0 Å². The maximum atomic E-state index is 4.56. The van der Waals surface area contributed by atoms with Gasteiger partial charge in [0.2, 0.25) is 0 Å². The maximum Gasteiger partial charge on any atom is 0.126 e. The summed E-state index contributed by atoms with van der Waals surface area (Å²) in [5, 5.41) is 0. The Hall–Kier alpha value is -2.07. The molecule has 2 aromatic rings. The Bertz CT molecular complexity index is 775. The Balaban J connectivity index is 0.000000569. The van der Waals surface area contributed by atoms with E-state index >= 15 is 0 Å². The zero-order chi connectivity index (χ0) is 25.1. The topological polar surface area (TPSA) is 41.4 Å². The Morgan fingerprint density at radius 1 is 0.848 bits per heavy atom. The van der Waals surface area contributed by atoms with Gasteiger partial charge in [0.05, 0.1) is 11.4 Å². The molecule has 0 radical (unpaired) electrons. The van der Waals surface area contributed by atoms with E-state index in [1.54, 1.807) is 7.05 Å². The van der Waals surface area contributed by atoms with Gasteiger partial charge in [-0.2, -0.15) is 0 Å². The number of hydrogen-bond acceptors (Lipinski definition) is 4. The van der Waals surface area contributed by atoms with Crippen LogP contribution in [0.15, 0.2) is 29.3 Å². The van der Waals surface area contributed by atoms with Crippen LogP contribution in [-0.4, -0.2) is 47.8 Å². The molecule has 0 saturated heterocycles. The third-order valence-electron chi connectivity index (χ3n) is 5.44. The molecule has 0 aliphatic heterocycles. The number of benzene rings is 1. The van der Waals surface area contributed by atoms with Crippen molar-refractivity contribution in [1.29, 1.82) is 0 Å². The van der Waals surface area contributed by atoms with Crippen LogP contribution in [0.5, 0.6) is 0 Å². The van der Waals surface area contributed by atoms with Crippen molar-refractivity contribution >= 4 is 6.21 Å². The first-order valence-electron chi connectivity index (χ1n) is 12.9. The summed E-state index contributed by atoms with van der Waals surface area (Å²) in [4.78, 5) is 15.5. The van der Waals surface area contributed by atoms with Crippen LogP contribution in [0.2, 0.25) is 0 Å². The summed E-state index contributed by atoms with van der Waals surface area (Å²) in [6.07, 6.45) is 10.1. The molecule has 0 spiro atoms. The molecule has 0 saturated carbocycles. The van der Waals surface area contributed by atoms with Gasteiger partial charge in [-0.05, 0) is 52.9 Å². The Kier molecular flexibility index (Phi) is 18.2. The highest BCUT2D eigenvalue weighted by Gasteiger charge is 2.10. The highest BCUT2D eigenvalue weighted by molar-refractivity contribution is 5.89. The van der Waals surface area contributed by atoms with Gasteiger partial charge in [-0.3, -0.25) is 4.99 Å². The minimum absolute atomic E-state index is 0.789. The maximum absolute atomic E-state index is 4.56. The molecule has 0 N–H and O–H groups in total. The fraction of sp³-hybridized carbons (Fsp3) is 0.621. The van der Waals surface area contributed by atoms with E-state index in [0.717, 1.165) is 28.3 Å². The van der Waals surface area contributed by atoms with Crippen LogP contribution in [0.3, 0.4) is 0 Å². The highest BCUT2D eigenvalue weighted by Crippen LogP contribution is 2.23. The molecule has 33 heavy (non-hydrogen) atoms. The first-order valence-corrected chi connectivity index (χ1v) is 12.9. The van der Waals surface area contributed by atoms with Crippen molar-refractivity contribution < 1.29 is 0 Å². The molecule has 0 bridgehead atoms. The van der Waals surface area contributed by atoms with E-state index in [1.807, 2.05) is 26.1 Å². The third kappa shape index (κ3) is 13.3. The van der Waals surface area contributed by atoms with Crippen LogP contribution in [0.4, 0.5) is 0 Å². The van der Waals surface area contributed by atoms with Gasteiger partial charge in [0.25, 0.3) is 0 Å². The van der Waals surface area contributed by atoms with Crippen LogP contribution < -0.4 is 0 Å². The summed E-state index contributed by atoms with van der Waals surface area (Å²) in [6, 6.07) is 8.33. The lowest BCUT2D eigenvalue weighted by molar-refractivity contribution is 0.304. The van der Waals surface area contributed by atoms with Crippen LogP contribution in [0.1, 0.15) is 95.8 Å². The summed E-state index contributed by atoms with van der Waals surface area (Å²) in [5.74, 6) is 0.789. The molecule has 4 nitrogen and oxygen atoms in total. The van der Waals surface area contributed by atoms with E-state index in [1.165, 1.54) is 63.7 Å². The Morgan fingerprint density at radius 2 is 1.48 bits per heavy atom. The minimum atomic E-state index is 0.789. The average Bonchev–Trinajstić information content (AvgIpc) is 2.80. The molecule has 0 unspecified atom stereocenters. The molecule has 0 aliphatic rings. The lowest BCUT2D eigenvalue weighted by Gasteiger charge is -2.15. The predicted octanol–water partition coefficient (Wildman–Crippen LogP) is 7.83. The van der Waals surface area contributed by atoms with Crippen LogP contribution in [0, 0.1) is 20.8 Å². The van der Waals surface area contributed by atoms with E-state index in [9.17, 15) is 0 Å². The van der Waals surface area contributed by atoms with Gasteiger partial charge in [0.1, 0.15) is 5.82 Å². The van der Waals surface area contributed by atoms with E-state index in [4.69, 9.17) is 0 Å². The molecule has 2 rings (SSSR count). The van der Waals surface area contributed by atoms with Crippen molar-refractivity contribution in [3.05, 3.63) is 46.9 Å². The fourth-order valence-corrected chi connectivity index (χ4v) is 3.55. The quantitative estimate of drug-likeness (QED) is 0.271. The number of hydrogen-bond donors (Lipinski definition) is 0. The first kappa shape index (κ1) is 30.9. The van der Waals surface area contributed by atoms with E-state index < -0.39 is 0 Å². The summed E-state index contributed by atoms with van der Waals surface area (Å²) in [7, 11) is 1.76. The van der Waals surface area contributed by atoms with Crippen LogP contribution in [-0.2, 0) is 0 Å². The van der Waals surface area contributed by atoms with Gasteiger partial charge in [-0.25, -0.2) is 9.97 Å². The van der Waals surface area contributed by atoms with Crippen LogP contribution in [0.25, 0.3) is 11.3 Å². The second kappa shape index (κ2) is 19.4. The second-order valence-electron chi connectivity index (χ2n) is 8.46.